The van der Waals surface area contributed by atoms with E-state index in [9.17, 15) is 0 Å². The van der Waals surface area contributed by atoms with Gasteiger partial charge in [0.05, 0.1) is 19.3 Å². The van der Waals surface area contributed by atoms with Crippen LogP contribution in [-0.2, 0) is 4.74 Å². The quantitative estimate of drug-likeness (QED) is 0.325. The summed E-state index contributed by atoms with van der Waals surface area (Å²) in [5.74, 6) is 2.40. The van der Waals surface area contributed by atoms with Crippen molar-refractivity contribution in [2.75, 3.05) is 40.4 Å². The highest BCUT2D eigenvalue weighted by Crippen LogP contribution is 2.52. The van der Waals surface area contributed by atoms with Gasteiger partial charge in [0, 0.05) is 37.6 Å². The highest BCUT2D eigenvalue weighted by molar-refractivity contribution is 14.0. The van der Waals surface area contributed by atoms with Gasteiger partial charge in [-0.25, -0.2) is 0 Å². The van der Waals surface area contributed by atoms with Gasteiger partial charge in [0.2, 0.25) is 0 Å². The summed E-state index contributed by atoms with van der Waals surface area (Å²) in [4.78, 5) is 7.15. The average molecular weight is 543 g/mol. The van der Waals surface area contributed by atoms with Crippen LogP contribution in [0.5, 0.6) is 5.75 Å². The van der Waals surface area contributed by atoms with Gasteiger partial charge in [-0.2, -0.15) is 0 Å². The molecular formula is C24H39IN4O2. The van der Waals surface area contributed by atoms with Crippen molar-refractivity contribution in [1.29, 1.82) is 0 Å². The fraction of sp³-hybridized carbons (Fsp3) is 0.708. The van der Waals surface area contributed by atoms with Crippen LogP contribution in [0.4, 0.5) is 0 Å². The van der Waals surface area contributed by atoms with Crippen LogP contribution >= 0.6 is 24.0 Å². The maximum atomic E-state index is 5.95. The van der Waals surface area contributed by atoms with E-state index in [0.29, 0.717) is 24.1 Å². The monoisotopic (exact) mass is 542 g/mol. The topological polar surface area (TPSA) is 58.1 Å². The van der Waals surface area contributed by atoms with Gasteiger partial charge < -0.3 is 20.1 Å². The number of hydrogen-bond donors (Lipinski definition) is 2. The van der Waals surface area contributed by atoms with Crippen LogP contribution in [0.15, 0.2) is 29.3 Å². The number of rotatable bonds is 6. The van der Waals surface area contributed by atoms with Crippen molar-refractivity contribution in [2.24, 2.45) is 16.3 Å². The minimum absolute atomic E-state index is 0. The third kappa shape index (κ3) is 5.14. The zero-order valence-electron chi connectivity index (χ0n) is 19.4. The number of ether oxygens (including phenoxy) is 2. The van der Waals surface area contributed by atoms with Crippen molar-refractivity contribution < 1.29 is 9.47 Å². The van der Waals surface area contributed by atoms with E-state index in [1.165, 1.54) is 24.8 Å². The van der Waals surface area contributed by atoms with Crippen LogP contribution in [0, 0.1) is 11.3 Å². The standard InChI is InChI=1S/C24H38N4O2.HI/c1-24(2)21(19-12-15-30-22(19)24)27-23(25-3)26-16-20(28-13-6-5-7-14-28)17-8-10-18(29-4)11-9-17;/h8-11,19-22H,5-7,12-16H2,1-4H3,(H2,25,26,27);1H. The molecule has 6 nitrogen and oxygen atoms in total. The van der Waals surface area contributed by atoms with Gasteiger partial charge in [0.25, 0.3) is 0 Å². The molecule has 1 aliphatic carbocycles. The van der Waals surface area contributed by atoms with E-state index in [4.69, 9.17) is 9.47 Å². The summed E-state index contributed by atoms with van der Waals surface area (Å²) in [6.45, 7) is 8.64. The number of nitrogens with zero attached hydrogens (tertiary/aromatic N) is 2. The Labute approximate surface area is 204 Å². The van der Waals surface area contributed by atoms with Crippen molar-refractivity contribution in [3.8, 4) is 5.75 Å². The molecule has 3 aliphatic rings. The second-order valence-electron chi connectivity index (χ2n) is 9.53. The Kier molecular flexibility index (Phi) is 8.49. The molecular weight excluding hydrogens is 503 g/mol. The van der Waals surface area contributed by atoms with E-state index < -0.39 is 0 Å². The SMILES string of the molecule is CN=C(NCC(c1ccc(OC)cc1)N1CCCCC1)NC1C2CCOC2C1(C)C.I. The minimum atomic E-state index is 0. The van der Waals surface area contributed by atoms with Gasteiger partial charge in [-0.1, -0.05) is 32.4 Å². The number of methoxy groups -OCH3 is 1. The number of piperidine rings is 1. The van der Waals surface area contributed by atoms with Crippen LogP contribution in [0.2, 0.25) is 0 Å². The van der Waals surface area contributed by atoms with E-state index in [1.54, 1.807) is 7.11 Å². The molecule has 1 aromatic rings. The number of hydrogen-bond acceptors (Lipinski definition) is 4. The zero-order chi connectivity index (χ0) is 21.1. The van der Waals surface area contributed by atoms with E-state index in [2.05, 4.69) is 58.6 Å². The average Bonchev–Trinajstić information content (AvgIpc) is 3.24. The summed E-state index contributed by atoms with van der Waals surface area (Å²) in [6.07, 6.45) is 5.42. The van der Waals surface area contributed by atoms with Crippen LogP contribution in [0.3, 0.4) is 0 Å². The lowest BCUT2D eigenvalue weighted by Gasteiger charge is -2.55. The fourth-order valence-corrected chi connectivity index (χ4v) is 5.67. The van der Waals surface area contributed by atoms with Crippen LogP contribution in [-0.4, -0.2) is 63.4 Å². The van der Waals surface area contributed by atoms with Crippen LogP contribution in [0.25, 0.3) is 0 Å². The first-order chi connectivity index (χ1) is 14.5. The zero-order valence-corrected chi connectivity index (χ0v) is 21.7. The molecule has 0 amide bonds. The molecule has 0 spiro atoms. The van der Waals surface area contributed by atoms with E-state index in [-0.39, 0.29) is 29.4 Å². The largest absolute Gasteiger partial charge is 0.497 e. The summed E-state index contributed by atoms with van der Waals surface area (Å²) in [7, 11) is 3.59. The first-order valence-corrected chi connectivity index (χ1v) is 11.5. The Bertz CT molecular complexity index is 734. The van der Waals surface area contributed by atoms with Gasteiger partial charge in [0.15, 0.2) is 5.96 Å². The maximum absolute atomic E-state index is 5.95. The lowest BCUT2D eigenvalue weighted by atomic mass is 9.57. The van der Waals surface area contributed by atoms with Crippen LogP contribution in [0.1, 0.15) is 51.1 Å². The summed E-state index contributed by atoms with van der Waals surface area (Å²) >= 11 is 0. The van der Waals surface area contributed by atoms with Crippen molar-refractivity contribution in [2.45, 2.75) is 57.7 Å². The van der Waals surface area contributed by atoms with Gasteiger partial charge in [0.1, 0.15) is 5.75 Å². The van der Waals surface area contributed by atoms with Gasteiger partial charge in [-0.05, 0) is 50.0 Å². The number of benzene rings is 1. The first-order valence-electron chi connectivity index (χ1n) is 11.5. The Morgan fingerprint density at radius 2 is 1.94 bits per heavy atom. The molecule has 2 N–H and O–H groups in total. The third-order valence-electron chi connectivity index (χ3n) is 7.41. The molecule has 31 heavy (non-hydrogen) atoms. The summed E-state index contributed by atoms with van der Waals surface area (Å²) in [6, 6.07) is 9.27. The van der Waals surface area contributed by atoms with Gasteiger partial charge >= 0.3 is 0 Å². The van der Waals surface area contributed by atoms with E-state index in [1.807, 2.05) is 7.05 Å². The molecule has 1 saturated carbocycles. The molecule has 174 valence electrons. The highest BCUT2D eigenvalue weighted by Gasteiger charge is 2.59. The summed E-state index contributed by atoms with van der Waals surface area (Å²) in [5.41, 5.74) is 1.47. The number of fused-ring (bicyclic) bond motifs is 1. The lowest BCUT2D eigenvalue weighted by Crippen LogP contribution is -2.68. The second-order valence-corrected chi connectivity index (χ2v) is 9.53. The third-order valence-corrected chi connectivity index (χ3v) is 7.41. The molecule has 3 fully saturated rings. The number of halogens is 1. The smallest absolute Gasteiger partial charge is 0.191 e. The maximum Gasteiger partial charge on any atom is 0.191 e. The van der Waals surface area contributed by atoms with Gasteiger partial charge in [-0.15, -0.1) is 24.0 Å². The Morgan fingerprint density at radius 3 is 2.58 bits per heavy atom. The van der Waals surface area contributed by atoms with E-state index in [0.717, 1.165) is 44.4 Å². The molecule has 4 unspecified atom stereocenters. The molecule has 7 heteroatoms. The molecule has 0 radical (unpaired) electrons. The highest BCUT2D eigenvalue weighted by atomic mass is 127. The predicted molar refractivity (Wildman–Crippen MR) is 136 cm³/mol. The molecule has 2 saturated heterocycles. The molecule has 1 aromatic carbocycles. The molecule has 4 rings (SSSR count). The number of nitrogens with one attached hydrogen (secondary N) is 2. The Balaban J connectivity index is 0.00000272. The second kappa shape index (κ2) is 10.7. The van der Waals surface area contributed by atoms with Gasteiger partial charge in [-0.3, -0.25) is 9.89 Å². The fourth-order valence-electron chi connectivity index (χ4n) is 5.67. The predicted octanol–water partition coefficient (Wildman–Crippen LogP) is 3.82. The summed E-state index contributed by atoms with van der Waals surface area (Å²) in [5, 5.41) is 7.35. The van der Waals surface area contributed by atoms with Crippen LogP contribution < -0.4 is 15.4 Å². The molecule has 0 aromatic heterocycles. The molecule has 0 bridgehead atoms. The lowest BCUT2D eigenvalue weighted by molar-refractivity contribution is -0.106. The first kappa shape index (κ1) is 24.6. The number of likely N-dealkylation sites (tertiary alicyclic amines) is 1. The Hall–Kier alpha value is -1.06. The van der Waals surface area contributed by atoms with Crippen molar-refractivity contribution in [3.05, 3.63) is 29.8 Å². The number of guanidine groups is 1. The summed E-state index contributed by atoms with van der Waals surface area (Å²) < 4.78 is 11.3. The number of aliphatic imine (C=N–C) groups is 1. The normalized spacial score (nSPS) is 28.6. The molecule has 2 heterocycles. The van der Waals surface area contributed by atoms with Crippen molar-refractivity contribution in [3.63, 3.8) is 0 Å². The van der Waals surface area contributed by atoms with Crippen molar-refractivity contribution in [1.82, 2.24) is 15.5 Å². The minimum Gasteiger partial charge on any atom is -0.497 e. The van der Waals surface area contributed by atoms with E-state index >= 15 is 0 Å². The molecule has 2 aliphatic heterocycles. The Morgan fingerprint density at radius 1 is 1.23 bits per heavy atom. The van der Waals surface area contributed by atoms with Crippen molar-refractivity contribution >= 4 is 29.9 Å². The molecule has 4 atom stereocenters.